The number of thiophene rings is 1. The summed E-state index contributed by atoms with van der Waals surface area (Å²) in [7, 11) is -3.75. The number of sulfonamides is 1. The van der Waals surface area contributed by atoms with E-state index in [1.807, 2.05) is 0 Å². The zero-order valence-corrected chi connectivity index (χ0v) is 19.4. The van der Waals surface area contributed by atoms with Crippen molar-refractivity contribution < 1.29 is 32.3 Å². The largest absolute Gasteiger partial charge is 0.456 e. The van der Waals surface area contributed by atoms with Crippen LogP contribution in [-0.2, 0) is 35.6 Å². The van der Waals surface area contributed by atoms with Crippen molar-refractivity contribution in [1.82, 2.24) is 10.6 Å². The van der Waals surface area contributed by atoms with Gasteiger partial charge in [-0.3, -0.25) is 19.2 Å². The molecule has 12 heteroatoms. The van der Waals surface area contributed by atoms with Crippen molar-refractivity contribution in [2.75, 3.05) is 19.7 Å². The van der Waals surface area contributed by atoms with Gasteiger partial charge >= 0.3 is 5.97 Å². The highest BCUT2D eigenvalue weighted by atomic mass is 32.2. The molecular formula is C21H25N3O7S2. The second kappa shape index (κ2) is 12.8. The molecule has 0 bridgehead atoms. The van der Waals surface area contributed by atoms with Crippen molar-refractivity contribution in [3.8, 4) is 0 Å². The summed E-state index contributed by atoms with van der Waals surface area (Å²) in [6, 6.07) is 9.42. The molecule has 0 unspecified atom stereocenters. The molecule has 1 aromatic heterocycles. The molecule has 33 heavy (non-hydrogen) atoms. The minimum absolute atomic E-state index is 0.00487. The molecule has 0 fully saturated rings. The molecule has 0 atom stereocenters. The third-order valence-corrected chi connectivity index (χ3v) is 6.22. The van der Waals surface area contributed by atoms with E-state index in [4.69, 9.17) is 9.88 Å². The van der Waals surface area contributed by atoms with Gasteiger partial charge in [-0.05, 0) is 35.6 Å². The Morgan fingerprint density at radius 2 is 1.61 bits per heavy atom. The van der Waals surface area contributed by atoms with E-state index in [0.29, 0.717) is 11.3 Å². The first-order valence-electron chi connectivity index (χ1n) is 10.0. The van der Waals surface area contributed by atoms with Crippen LogP contribution in [0.5, 0.6) is 0 Å². The van der Waals surface area contributed by atoms with E-state index in [1.165, 1.54) is 23.5 Å². The van der Waals surface area contributed by atoms with Crippen LogP contribution in [0.2, 0.25) is 0 Å². The van der Waals surface area contributed by atoms with Crippen LogP contribution in [-0.4, -0.2) is 51.7 Å². The summed E-state index contributed by atoms with van der Waals surface area (Å²) in [6.45, 7) is -0.140. The third kappa shape index (κ3) is 9.93. The van der Waals surface area contributed by atoms with Gasteiger partial charge in [0.15, 0.2) is 12.4 Å². The molecule has 1 aromatic carbocycles. The Balaban J connectivity index is 1.54. The van der Waals surface area contributed by atoms with Crippen molar-refractivity contribution in [2.24, 2.45) is 5.14 Å². The number of hydrogen-bond acceptors (Lipinski definition) is 8. The number of ether oxygens (including phenoxy) is 1. The number of carbonyl (C=O) groups excluding carboxylic acids is 4. The average molecular weight is 496 g/mol. The lowest BCUT2D eigenvalue weighted by atomic mass is 10.1. The first kappa shape index (κ1) is 26.2. The van der Waals surface area contributed by atoms with Gasteiger partial charge in [0.1, 0.15) is 0 Å². The predicted molar refractivity (Wildman–Crippen MR) is 121 cm³/mol. The fourth-order valence-corrected chi connectivity index (χ4v) is 3.85. The molecule has 2 rings (SSSR count). The molecule has 0 radical (unpaired) electrons. The van der Waals surface area contributed by atoms with Crippen molar-refractivity contribution in [1.29, 1.82) is 0 Å². The van der Waals surface area contributed by atoms with Crippen LogP contribution in [0.4, 0.5) is 0 Å². The summed E-state index contributed by atoms with van der Waals surface area (Å²) in [4.78, 5) is 47.7. The first-order chi connectivity index (χ1) is 15.6. The van der Waals surface area contributed by atoms with Gasteiger partial charge in [-0.25, -0.2) is 13.6 Å². The highest BCUT2D eigenvalue weighted by molar-refractivity contribution is 7.89. The molecule has 0 saturated heterocycles. The van der Waals surface area contributed by atoms with Gasteiger partial charge in [-0.15, -0.1) is 11.3 Å². The molecule has 0 saturated carbocycles. The SMILES string of the molecule is NS(=O)(=O)c1ccc(CCNC(=O)COC(=O)CCNC(=O)CCC(=O)c2cccs2)cc1. The van der Waals surface area contributed by atoms with Crippen LogP contribution in [0.15, 0.2) is 46.7 Å². The third-order valence-electron chi connectivity index (χ3n) is 4.38. The Bertz CT molecular complexity index is 1070. The minimum atomic E-state index is -3.75. The fraction of sp³-hybridized carbons (Fsp3) is 0.333. The van der Waals surface area contributed by atoms with E-state index in [2.05, 4.69) is 10.6 Å². The average Bonchev–Trinajstić information content (AvgIpc) is 3.31. The maximum Gasteiger partial charge on any atom is 0.308 e. The van der Waals surface area contributed by atoms with Crippen LogP contribution < -0.4 is 15.8 Å². The summed E-state index contributed by atoms with van der Waals surface area (Å²) < 4.78 is 27.3. The van der Waals surface area contributed by atoms with E-state index in [1.54, 1.807) is 29.6 Å². The maximum atomic E-state index is 11.8. The van der Waals surface area contributed by atoms with E-state index >= 15 is 0 Å². The van der Waals surface area contributed by atoms with Crippen LogP contribution in [0.1, 0.15) is 34.5 Å². The highest BCUT2D eigenvalue weighted by Gasteiger charge is 2.12. The number of amides is 2. The van der Waals surface area contributed by atoms with Crippen molar-refractivity contribution >= 4 is 44.9 Å². The Hall–Kier alpha value is -3.09. The zero-order chi connectivity index (χ0) is 24.3. The molecule has 1 heterocycles. The molecule has 4 N–H and O–H groups in total. The highest BCUT2D eigenvalue weighted by Crippen LogP contribution is 2.12. The lowest BCUT2D eigenvalue weighted by Gasteiger charge is -2.08. The van der Waals surface area contributed by atoms with Crippen LogP contribution in [0.25, 0.3) is 0 Å². The predicted octanol–water partition coefficient (Wildman–Crippen LogP) is 0.767. The fourth-order valence-electron chi connectivity index (χ4n) is 2.64. The summed E-state index contributed by atoms with van der Waals surface area (Å²) in [5.41, 5.74) is 0.799. The number of benzene rings is 1. The summed E-state index contributed by atoms with van der Waals surface area (Å²) in [5, 5.41) is 11.9. The Morgan fingerprint density at radius 1 is 0.909 bits per heavy atom. The van der Waals surface area contributed by atoms with Gasteiger partial charge in [0.2, 0.25) is 15.9 Å². The number of Topliss-reactive ketones (excluding diaryl/α,β-unsaturated/α-hetero) is 1. The smallest absolute Gasteiger partial charge is 0.308 e. The maximum absolute atomic E-state index is 11.8. The molecule has 0 spiro atoms. The number of ketones is 1. The van der Waals surface area contributed by atoms with Crippen LogP contribution in [0.3, 0.4) is 0 Å². The number of rotatable bonds is 13. The second-order valence-electron chi connectivity index (χ2n) is 6.95. The Labute approximate surface area is 195 Å². The quantitative estimate of drug-likeness (QED) is 0.273. The number of primary sulfonamides is 1. The summed E-state index contributed by atoms with van der Waals surface area (Å²) in [6.07, 6.45) is 0.464. The number of nitrogens with one attached hydrogen (secondary N) is 2. The van der Waals surface area contributed by atoms with Crippen LogP contribution >= 0.6 is 11.3 Å². The van der Waals surface area contributed by atoms with Gasteiger partial charge in [0.25, 0.3) is 5.91 Å². The van der Waals surface area contributed by atoms with Crippen LogP contribution in [0, 0.1) is 0 Å². The molecular weight excluding hydrogens is 470 g/mol. The molecule has 0 aliphatic carbocycles. The van der Waals surface area contributed by atoms with Crippen molar-refractivity contribution in [3.05, 3.63) is 52.2 Å². The molecule has 10 nitrogen and oxygen atoms in total. The molecule has 2 aromatic rings. The van der Waals surface area contributed by atoms with E-state index in [-0.39, 0.29) is 48.9 Å². The normalized spacial score (nSPS) is 10.9. The lowest BCUT2D eigenvalue weighted by Crippen LogP contribution is -2.31. The summed E-state index contributed by atoms with van der Waals surface area (Å²) in [5.74, 6) is -1.58. The Kier molecular flexibility index (Phi) is 10.2. The topological polar surface area (TPSA) is 162 Å². The lowest BCUT2D eigenvalue weighted by molar-refractivity contribution is -0.148. The van der Waals surface area contributed by atoms with Gasteiger partial charge in [-0.2, -0.15) is 0 Å². The van der Waals surface area contributed by atoms with E-state index in [9.17, 15) is 27.6 Å². The van der Waals surface area contributed by atoms with E-state index < -0.39 is 28.5 Å². The van der Waals surface area contributed by atoms with Crippen molar-refractivity contribution in [2.45, 2.75) is 30.6 Å². The Morgan fingerprint density at radius 3 is 2.24 bits per heavy atom. The first-order valence-corrected chi connectivity index (χ1v) is 12.4. The molecule has 2 amide bonds. The monoisotopic (exact) mass is 495 g/mol. The van der Waals surface area contributed by atoms with Gasteiger partial charge in [-0.1, -0.05) is 18.2 Å². The minimum Gasteiger partial charge on any atom is -0.456 e. The number of carbonyl (C=O) groups is 4. The van der Waals surface area contributed by atoms with Gasteiger partial charge in [0.05, 0.1) is 16.2 Å². The number of esters is 1. The molecule has 178 valence electrons. The standard InChI is InChI=1S/C21H25N3O7S2/c22-33(29,30)16-5-3-15(4-6-16)9-11-24-20(27)14-31-21(28)10-12-23-19(26)8-7-17(25)18-2-1-13-32-18/h1-6,13H,7-12,14H2,(H,23,26)(H,24,27)(H2,22,29,30). The van der Waals surface area contributed by atoms with Gasteiger partial charge in [0, 0.05) is 25.9 Å². The number of nitrogens with two attached hydrogens (primary N) is 1. The number of hydrogen-bond donors (Lipinski definition) is 3. The van der Waals surface area contributed by atoms with E-state index in [0.717, 1.165) is 5.56 Å². The molecule has 0 aliphatic heterocycles. The van der Waals surface area contributed by atoms with Gasteiger partial charge < -0.3 is 15.4 Å². The van der Waals surface area contributed by atoms with Crippen molar-refractivity contribution in [3.63, 3.8) is 0 Å². The molecule has 0 aliphatic rings. The summed E-state index contributed by atoms with van der Waals surface area (Å²) >= 11 is 1.32. The zero-order valence-electron chi connectivity index (χ0n) is 17.7. The second-order valence-corrected chi connectivity index (χ2v) is 9.46.